The fraction of sp³-hybridized carbons (Fsp3) is 0.0526. The number of amides is 1. The summed E-state index contributed by atoms with van der Waals surface area (Å²) in [5.41, 5.74) is 2.54. The average Bonchev–Trinajstić information content (AvgIpc) is 3.13. The van der Waals surface area contributed by atoms with Crippen LogP contribution >= 0.6 is 23.2 Å². The van der Waals surface area contributed by atoms with E-state index in [0.29, 0.717) is 22.0 Å². The van der Waals surface area contributed by atoms with Crippen LogP contribution in [0.15, 0.2) is 58.1 Å². The molecule has 7 heteroatoms. The zero-order valence-corrected chi connectivity index (χ0v) is 15.2. The van der Waals surface area contributed by atoms with Gasteiger partial charge in [-0.25, -0.2) is 0 Å². The van der Waals surface area contributed by atoms with Gasteiger partial charge >= 0.3 is 0 Å². The molecule has 2 N–H and O–H groups in total. The summed E-state index contributed by atoms with van der Waals surface area (Å²) < 4.78 is 5.07. The van der Waals surface area contributed by atoms with Gasteiger partial charge in [0.1, 0.15) is 5.75 Å². The maximum Gasteiger partial charge on any atom is 0.291 e. The Kier molecular flexibility index (Phi) is 5.30. The number of anilines is 1. The molecule has 0 radical (unpaired) electrons. The van der Waals surface area contributed by atoms with Crippen LogP contribution in [0.25, 0.3) is 0 Å². The predicted octanol–water partition coefficient (Wildman–Crippen LogP) is 5.60. The molecular formula is C19H14Cl2N2O3. The topological polar surface area (TPSA) is 74.8 Å². The molecule has 132 valence electrons. The number of carbonyl (C=O) groups is 1. The van der Waals surface area contributed by atoms with Crippen LogP contribution in [0.1, 0.15) is 21.7 Å². The largest absolute Gasteiger partial charge is 0.506 e. The van der Waals surface area contributed by atoms with Crippen LogP contribution in [-0.4, -0.2) is 17.2 Å². The highest BCUT2D eigenvalue weighted by atomic mass is 35.5. The Balaban J connectivity index is 1.78. The molecule has 1 heterocycles. The second-order valence-corrected chi connectivity index (χ2v) is 6.36. The number of rotatable bonds is 4. The van der Waals surface area contributed by atoms with Crippen molar-refractivity contribution < 1.29 is 14.3 Å². The highest BCUT2D eigenvalue weighted by Gasteiger charge is 2.10. The van der Waals surface area contributed by atoms with Crippen molar-refractivity contribution in [3.05, 3.63) is 75.7 Å². The predicted molar refractivity (Wildman–Crippen MR) is 103 cm³/mol. The molecule has 0 aliphatic carbocycles. The third-order valence-electron chi connectivity index (χ3n) is 3.61. The molecule has 0 unspecified atom stereocenters. The molecule has 0 spiro atoms. The van der Waals surface area contributed by atoms with Crippen molar-refractivity contribution >= 4 is 46.7 Å². The maximum atomic E-state index is 12.0. The summed E-state index contributed by atoms with van der Waals surface area (Å²) in [6, 6.07) is 11.5. The number of phenolic OH excluding ortho intramolecular Hbond substituents is 1. The summed E-state index contributed by atoms with van der Waals surface area (Å²) >= 11 is 11.8. The normalized spacial score (nSPS) is 11.0. The number of aryl methyl sites for hydroxylation is 1. The van der Waals surface area contributed by atoms with E-state index in [4.69, 9.17) is 27.6 Å². The van der Waals surface area contributed by atoms with Gasteiger partial charge < -0.3 is 14.8 Å². The Morgan fingerprint density at radius 1 is 1.23 bits per heavy atom. The molecule has 0 saturated heterocycles. The number of furan rings is 1. The highest BCUT2D eigenvalue weighted by molar-refractivity contribution is 6.36. The lowest BCUT2D eigenvalue weighted by molar-refractivity contribution is 0.0996. The summed E-state index contributed by atoms with van der Waals surface area (Å²) in [5, 5.41) is 13.3. The van der Waals surface area contributed by atoms with Crippen LogP contribution in [-0.2, 0) is 0 Å². The van der Waals surface area contributed by atoms with Gasteiger partial charge in [-0.2, -0.15) is 0 Å². The lowest BCUT2D eigenvalue weighted by Gasteiger charge is -2.08. The molecule has 0 bridgehead atoms. The lowest BCUT2D eigenvalue weighted by atomic mass is 10.1. The van der Waals surface area contributed by atoms with Gasteiger partial charge in [-0.05, 0) is 55.0 Å². The SMILES string of the molecule is Cc1cc(N=Cc2cc(Cl)cc(Cl)c2O)ccc1NC(=O)c1ccco1. The van der Waals surface area contributed by atoms with E-state index < -0.39 is 0 Å². The fourth-order valence-electron chi connectivity index (χ4n) is 2.29. The molecule has 3 aromatic rings. The van der Waals surface area contributed by atoms with Crippen LogP contribution in [0.5, 0.6) is 5.75 Å². The third kappa shape index (κ3) is 4.07. The highest BCUT2D eigenvalue weighted by Crippen LogP contribution is 2.30. The summed E-state index contributed by atoms with van der Waals surface area (Å²) in [6.45, 7) is 1.85. The first-order chi connectivity index (χ1) is 12.4. The summed E-state index contributed by atoms with van der Waals surface area (Å²) in [6.07, 6.45) is 2.92. The number of carbonyl (C=O) groups excluding carboxylic acids is 1. The maximum absolute atomic E-state index is 12.0. The van der Waals surface area contributed by atoms with E-state index in [-0.39, 0.29) is 22.4 Å². The number of aliphatic imine (C=N–C) groups is 1. The Bertz CT molecular complexity index is 983. The van der Waals surface area contributed by atoms with Gasteiger partial charge in [0.25, 0.3) is 5.91 Å². The first-order valence-electron chi connectivity index (χ1n) is 7.61. The monoisotopic (exact) mass is 388 g/mol. The molecule has 0 saturated carbocycles. The molecule has 26 heavy (non-hydrogen) atoms. The van der Waals surface area contributed by atoms with E-state index in [0.717, 1.165) is 5.56 Å². The number of nitrogens with one attached hydrogen (secondary N) is 1. The van der Waals surface area contributed by atoms with Gasteiger partial charge in [0.15, 0.2) is 5.76 Å². The van der Waals surface area contributed by atoms with Crippen molar-refractivity contribution in [2.24, 2.45) is 4.99 Å². The number of halogens is 2. The molecule has 5 nitrogen and oxygen atoms in total. The first-order valence-corrected chi connectivity index (χ1v) is 8.37. The second-order valence-electron chi connectivity index (χ2n) is 5.51. The number of aromatic hydroxyl groups is 1. The van der Waals surface area contributed by atoms with Crippen LogP contribution < -0.4 is 5.32 Å². The van der Waals surface area contributed by atoms with Gasteiger partial charge in [0.2, 0.25) is 0 Å². The Labute approximate surface area is 159 Å². The van der Waals surface area contributed by atoms with Gasteiger partial charge in [-0.1, -0.05) is 23.2 Å². The van der Waals surface area contributed by atoms with E-state index in [1.165, 1.54) is 18.5 Å². The quantitative estimate of drug-likeness (QED) is 0.570. The average molecular weight is 389 g/mol. The van der Waals surface area contributed by atoms with Crippen molar-refractivity contribution in [1.29, 1.82) is 0 Å². The summed E-state index contributed by atoms with van der Waals surface area (Å²) in [7, 11) is 0. The zero-order chi connectivity index (χ0) is 18.7. The first kappa shape index (κ1) is 18.0. The molecular weight excluding hydrogens is 375 g/mol. The Morgan fingerprint density at radius 2 is 2.04 bits per heavy atom. The van der Waals surface area contributed by atoms with Crippen molar-refractivity contribution in [3.63, 3.8) is 0 Å². The smallest absolute Gasteiger partial charge is 0.291 e. The Hall–Kier alpha value is -2.76. The van der Waals surface area contributed by atoms with E-state index in [9.17, 15) is 9.90 Å². The molecule has 0 atom stereocenters. The Morgan fingerprint density at radius 3 is 2.73 bits per heavy atom. The van der Waals surface area contributed by atoms with Crippen LogP contribution in [0.2, 0.25) is 10.0 Å². The van der Waals surface area contributed by atoms with Gasteiger partial charge in [-0.15, -0.1) is 0 Å². The van der Waals surface area contributed by atoms with Crippen LogP contribution in [0, 0.1) is 6.92 Å². The van der Waals surface area contributed by atoms with E-state index in [2.05, 4.69) is 10.3 Å². The summed E-state index contributed by atoms with van der Waals surface area (Å²) in [5.74, 6) is -0.175. The zero-order valence-electron chi connectivity index (χ0n) is 13.7. The lowest BCUT2D eigenvalue weighted by Crippen LogP contribution is -2.11. The van der Waals surface area contributed by atoms with Crippen molar-refractivity contribution in [2.75, 3.05) is 5.32 Å². The van der Waals surface area contributed by atoms with E-state index >= 15 is 0 Å². The number of nitrogens with zero attached hydrogens (tertiary/aromatic N) is 1. The number of benzene rings is 2. The minimum absolute atomic E-state index is 0.0844. The molecule has 1 aromatic heterocycles. The van der Waals surface area contributed by atoms with Crippen molar-refractivity contribution in [2.45, 2.75) is 6.92 Å². The van der Waals surface area contributed by atoms with Gasteiger partial charge in [0, 0.05) is 22.5 Å². The van der Waals surface area contributed by atoms with Crippen molar-refractivity contribution in [3.8, 4) is 5.75 Å². The van der Waals surface area contributed by atoms with E-state index in [1.54, 1.807) is 36.4 Å². The second kappa shape index (κ2) is 7.64. The molecule has 3 rings (SSSR count). The third-order valence-corrected chi connectivity index (χ3v) is 4.12. The number of hydrogen-bond acceptors (Lipinski definition) is 4. The minimum Gasteiger partial charge on any atom is -0.506 e. The standard InChI is InChI=1S/C19H14Cl2N2O3/c1-11-7-14(22-10-12-8-13(20)9-15(21)18(12)24)4-5-16(11)23-19(25)17-3-2-6-26-17/h2-10,24H,1H3,(H,23,25). The van der Waals surface area contributed by atoms with E-state index in [1.807, 2.05) is 6.92 Å². The van der Waals surface area contributed by atoms with Gasteiger partial charge in [0.05, 0.1) is 17.0 Å². The molecule has 2 aromatic carbocycles. The molecule has 0 fully saturated rings. The molecule has 0 aliphatic rings. The fourth-order valence-corrected chi connectivity index (χ4v) is 2.80. The molecule has 0 aliphatic heterocycles. The van der Waals surface area contributed by atoms with Crippen LogP contribution in [0.4, 0.5) is 11.4 Å². The van der Waals surface area contributed by atoms with Crippen LogP contribution in [0.3, 0.4) is 0 Å². The van der Waals surface area contributed by atoms with Crippen molar-refractivity contribution in [1.82, 2.24) is 0 Å². The summed E-state index contributed by atoms with van der Waals surface area (Å²) in [4.78, 5) is 16.4. The number of phenols is 1. The number of hydrogen-bond donors (Lipinski definition) is 2. The minimum atomic E-state index is -0.326. The van der Waals surface area contributed by atoms with Gasteiger partial charge in [-0.3, -0.25) is 9.79 Å². The molecule has 1 amide bonds.